The number of carbonyl (C=O) groups is 4. The molecule has 0 heterocycles. The Morgan fingerprint density at radius 1 is 0.750 bits per heavy atom. The minimum Gasteiger partial charge on any atom is -0.480 e. The molecule has 0 spiro atoms. The van der Waals surface area contributed by atoms with E-state index in [-0.39, 0.29) is 11.1 Å². The van der Waals surface area contributed by atoms with Gasteiger partial charge in [-0.05, 0) is 17.7 Å². The van der Waals surface area contributed by atoms with E-state index < -0.39 is 34.7 Å². The van der Waals surface area contributed by atoms with Crippen LogP contribution < -0.4 is 0 Å². The third-order valence-electron chi connectivity index (χ3n) is 3.87. The normalized spacial score (nSPS) is 17.2. The zero-order chi connectivity index (χ0) is 18.1. The van der Waals surface area contributed by atoms with Gasteiger partial charge >= 0.3 is 23.9 Å². The summed E-state index contributed by atoms with van der Waals surface area (Å²) in [7, 11) is 0. The molecule has 1 aromatic carbocycles. The SMILES string of the molecule is O=C(O)c1cccc(C2(C(=O)O)C=CC(C(=O)O)(C(=O)O)C=C2)c1. The summed E-state index contributed by atoms with van der Waals surface area (Å²) in [6.07, 6.45) is 3.44. The fourth-order valence-corrected chi connectivity index (χ4v) is 2.38. The first-order valence-corrected chi connectivity index (χ1v) is 6.60. The summed E-state index contributed by atoms with van der Waals surface area (Å²) < 4.78 is 0. The Kier molecular flexibility index (Phi) is 3.99. The van der Waals surface area contributed by atoms with Gasteiger partial charge in [0.1, 0.15) is 5.41 Å². The zero-order valence-corrected chi connectivity index (χ0v) is 12.0. The van der Waals surface area contributed by atoms with E-state index in [2.05, 4.69) is 0 Å². The summed E-state index contributed by atoms with van der Waals surface area (Å²) >= 11 is 0. The van der Waals surface area contributed by atoms with Gasteiger partial charge in [-0.1, -0.05) is 36.4 Å². The highest BCUT2D eigenvalue weighted by molar-refractivity contribution is 6.04. The van der Waals surface area contributed by atoms with Crippen LogP contribution >= 0.6 is 0 Å². The largest absolute Gasteiger partial charge is 0.480 e. The second kappa shape index (κ2) is 5.65. The first-order chi connectivity index (χ1) is 11.2. The summed E-state index contributed by atoms with van der Waals surface area (Å²) in [5, 5.41) is 36.9. The summed E-state index contributed by atoms with van der Waals surface area (Å²) in [5.74, 6) is -5.99. The van der Waals surface area contributed by atoms with Crippen LogP contribution in [0.3, 0.4) is 0 Å². The number of aliphatic carboxylic acids is 3. The number of aromatic carboxylic acids is 1. The van der Waals surface area contributed by atoms with Gasteiger partial charge in [0.05, 0.1) is 5.56 Å². The van der Waals surface area contributed by atoms with E-state index in [0.29, 0.717) is 0 Å². The maximum Gasteiger partial charge on any atom is 0.335 e. The summed E-state index contributed by atoms with van der Waals surface area (Å²) in [6.45, 7) is 0. The summed E-state index contributed by atoms with van der Waals surface area (Å²) in [6, 6.07) is 5.13. The van der Waals surface area contributed by atoms with Crippen molar-refractivity contribution < 1.29 is 39.6 Å². The van der Waals surface area contributed by atoms with E-state index in [4.69, 9.17) is 15.3 Å². The van der Waals surface area contributed by atoms with Crippen LogP contribution in [0, 0.1) is 5.41 Å². The summed E-state index contributed by atoms with van der Waals surface area (Å²) in [5.41, 5.74) is -4.32. The zero-order valence-electron chi connectivity index (χ0n) is 12.0. The Labute approximate surface area is 135 Å². The molecule has 8 heteroatoms. The molecule has 0 saturated carbocycles. The standard InChI is InChI=1S/C16H12O8/c17-11(18)9-2-1-3-10(8-9)15(12(19)20)4-6-16(7-5-15,13(21)22)14(23)24/h1-8H,(H,17,18)(H,19,20)(H,21,22)(H,23,24). The van der Waals surface area contributed by atoms with Gasteiger partial charge in [0.2, 0.25) is 5.41 Å². The van der Waals surface area contributed by atoms with Gasteiger partial charge in [0.15, 0.2) is 0 Å². The predicted octanol–water partition coefficient (Wildman–Crippen LogP) is 0.989. The van der Waals surface area contributed by atoms with Crippen molar-refractivity contribution in [2.45, 2.75) is 5.41 Å². The molecule has 0 aliphatic heterocycles. The van der Waals surface area contributed by atoms with Crippen LogP contribution in [0.1, 0.15) is 15.9 Å². The van der Waals surface area contributed by atoms with Crippen LogP contribution in [0.15, 0.2) is 48.6 Å². The maximum atomic E-state index is 11.8. The van der Waals surface area contributed by atoms with E-state index in [0.717, 1.165) is 30.4 Å². The lowest BCUT2D eigenvalue weighted by atomic mass is 9.71. The van der Waals surface area contributed by atoms with Crippen LogP contribution in [0.4, 0.5) is 0 Å². The predicted molar refractivity (Wildman–Crippen MR) is 78.7 cm³/mol. The maximum absolute atomic E-state index is 11.8. The molecule has 1 aliphatic rings. The first-order valence-electron chi connectivity index (χ1n) is 6.60. The minimum absolute atomic E-state index is 0.0618. The van der Waals surface area contributed by atoms with E-state index in [9.17, 15) is 24.3 Å². The molecule has 0 bridgehead atoms. The highest BCUT2D eigenvalue weighted by atomic mass is 16.4. The Balaban J connectivity index is 2.62. The Bertz CT molecular complexity index is 772. The van der Waals surface area contributed by atoms with E-state index in [1.165, 1.54) is 18.2 Å². The van der Waals surface area contributed by atoms with Crippen molar-refractivity contribution in [3.8, 4) is 0 Å². The highest BCUT2D eigenvalue weighted by Gasteiger charge is 2.48. The second-order valence-electron chi connectivity index (χ2n) is 5.21. The number of carboxylic acid groups (broad SMARTS) is 4. The third kappa shape index (κ3) is 2.43. The highest BCUT2D eigenvalue weighted by Crippen LogP contribution is 2.37. The lowest BCUT2D eigenvalue weighted by Crippen LogP contribution is -2.42. The van der Waals surface area contributed by atoms with Gasteiger partial charge in [-0.25, -0.2) is 4.79 Å². The van der Waals surface area contributed by atoms with Gasteiger partial charge in [-0.2, -0.15) is 0 Å². The molecular formula is C16H12O8. The molecular weight excluding hydrogens is 320 g/mol. The molecule has 1 aromatic rings. The lowest BCUT2D eigenvalue weighted by Gasteiger charge is -2.30. The average molecular weight is 332 g/mol. The van der Waals surface area contributed by atoms with Gasteiger partial charge in [-0.15, -0.1) is 0 Å². The molecule has 8 nitrogen and oxygen atoms in total. The van der Waals surface area contributed by atoms with E-state index in [1.807, 2.05) is 0 Å². The van der Waals surface area contributed by atoms with Crippen LogP contribution in [0.5, 0.6) is 0 Å². The Hall–Kier alpha value is -3.42. The monoisotopic (exact) mass is 332 g/mol. The molecule has 0 fully saturated rings. The van der Waals surface area contributed by atoms with Gasteiger partial charge in [-0.3, -0.25) is 14.4 Å². The Morgan fingerprint density at radius 2 is 1.29 bits per heavy atom. The Morgan fingerprint density at radius 3 is 1.71 bits per heavy atom. The quantitative estimate of drug-likeness (QED) is 0.460. The van der Waals surface area contributed by atoms with Crippen molar-refractivity contribution in [2.24, 2.45) is 5.41 Å². The molecule has 0 amide bonds. The van der Waals surface area contributed by atoms with Crippen molar-refractivity contribution in [2.75, 3.05) is 0 Å². The molecule has 0 atom stereocenters. The topological polar surface area (TPSA) is 149 Å². The molecule has 2 rings (SSSR count). The van der Waals surface area contributed by atoms with Crippen molar-refractivity contribution in [3.05, 3.63) is 59.7 Å². The first kappa shape index (κ1) is 16.9. The van der Waals surface area contributed by atoms with Crippen LogP contribution in [-0.4, -0.2) is 44.3 Å². The van der Waals surface area contributed by atoms with Crippen molar-refractivity contribution in [1.82, 2.24) is 0 Å². The van der Waals surface area contributed by atoms with Crippen LogP contribution in [0.2, 0.25) is 0 Å². The van der Waals surface area contributed by atoms with Crippen LogP contribution in [-0.2, 0) is 19.8 Å². The minimum atomic E-state index is -2.37. The van der Waals surface area contributed by atoms with Gasteiger partial charge in [0, 0.05) is 0 Å². The average Bonchev–Trinajstić information content (AvgIpc) is 2.54. The second-order valence-corrected chi connectivity index (χ2v) is 5.21. The molecule has 4 N–H and O–H groups in total. The number of hydrogen-bond acceptors (Lipinski definition) is 4. The number of rotatable bonds is 5. The third-order valence-corrected chi connectivity index (χ3v) is 3.87. The summed E-state index contributed by atoms with van der Waals surface area (Å²) in [4.78, 5) is 45.4. The molecule has 0 saturated heterocycles. The van der Waals surface area contributed by atoms with Gasteiger partial charge < -0.3 is 20.4 Å². The smallest absolute Gasteiger partial charge is 0.335 e. The molecule has 0 unspecified atom stereocenters. The van der Waals surface area contributed by atoms with Crippen molar-refractivity contribution >= 4 is 23.9 Å². The van der Waals surface area contributed by atoms with E-state index >= 15 is 0 Å². The van der Waals surface area contributed by atoms with E-state index in [1.54, 1.807) is 0 Å². The van der Waals surface area contributed by atoms with Gasteiger partial charge in [0.25, 0.3) is 0 Å². The van der Waals surface area contributed by atoms with Crippen LogP contribution in [0.25, 0.3) is 0 Å². The fourth-order valence-electron chi connectivity index (χ4n) is 2.38. The lowest BCUT2D eigenvalue weighted by molar-refractivity contribution is -0.157. The number of hydrogen-bond donors (Lipinski definition) is 4. The molecule has 0 radical (unpaired) electrons. The van der Waals surface area contributed by atoms with Crippen molar-refractivity contribution in [1.29, 1.82) is 0 Å². The van der Waals surface area contributed by atoms with Crippen molar-refractivity contribution in [3.63, 3.8) is 0 Å². The molecule has 1 aliphatic carbocycles. The molecule has 124 valence electrons. The molecule has 0 aromatic heterocycles. The molecule has 24 heavy (non-hydrogen) atoms. The number of benzene rings is 1. The number of carboxylic acids is 4. The fraction of sp³-hybridized carbons (Fsp3) is 0.125.